The van der Waals surface area contributed by atoms with Crippen LogP contribution < -0.4 is 11.1 Å². The van der Waals surface area contributed by atoms with Gasteiger partial charge in [-0.1, -0.05) is 17.4 Å². The molecule has 0 spiro atoms. The first-order valence-electron chi connectivity index (χ1n) is 13.4. The van der Waals surface area contributed by atoms with E-state index in [-0.39, 0.29) is 21.6 Å². The first-order chi connectivity index (χ1) is 19.6. The maximum Gasteiger partial charge on any atom is 0.244 e. The Morgan fingerprint density at radius 1 is 1.15 bits per heavy atom. The smallest absolute Gasteiger partial charge is 0.244 e. The Balaban J connectivity index is 1.14. The number of hydrogen-bond donors (Lipinski definition) is 2. The Kier molecular flexibility index (Phi) is 9.24. The highest BCUT2D eigenvalue weighted by Crippen LogP contribution is 2.31. The van der Waals surface area contributed by atoms with Gasteiger partial charge in [-0.3, -0.25) is 4.79 Å². The summed E-state index contributed by atoms with van der Waals surface area (Å²) >= 11 is 2.56. The number of benzene rings is 1. The number of carbonyl (C=O) groups excluding carboxylic acids is 1. The molecule has 0 bridgehead atoms. The van der Waals surface area contributed by atoms with E-state index in [1.165, 1.54) is 29.4 Å². The standard InChI is InChI=1S/C27H32F2N6O3S3/c1-34-12-3-4-18(34)11-15-39-22-8-7-19(16-31-22)41(37,38)35-13-9-17(10-14-35)32-27-33-26(30)25(40-27)24(36)23-20(28)5-2-6-21(23)29/h2,5-8,16-18H,3-4,9-15,30H2,1H3,(H,32,33). The van der Waals surface area contributed by atoms with Crippen molar-refractivity contribution in [3.63, 3.8) is 0 Å². The number of pyridine rings is 1. The lowest BCUT2D eigenvalue weighted by Gasteiger charge is -2.31. The molecule has 4 heterocycles. The Morgan fingerprint density at radius 3 is 2.51 bits per heavy atom. The van der Waals surface area contributed by atoms with Crippen molar-refractivity contribution in [3.05, 3.63) is 58.6 Å². The minimum atomic E-state index is -3.69. The summed E-state index contributed by atoms with van der Waals surface area (Å²) in [5, 5.41) is 4.33. The number of nitrogens with two attached hydrogens (primary N) is 1. The SMILES string of the molecule is CN1CCCC1CCSc1ccc(S(=O)(=O)N2CCC(Nc3nc(N)c(C(=O)c4c(F)cccc4F)s3)CC2)cn1. The number of aromatic nitrogens is 2. The molecule has 14 heteroatoms. The third kappa shape index (κ3) is 6.72. The van der Waals surface area contributed by atoms with Crippen LogP contribution in [0.4, 0.5) is 19.7 Å². The van der Waals surface area contributed by atoms with Crippen LogP contribution in [-0.2, 0) is 10.0 Å². The molecule has 3 aromatic rings. The van der Waals surface area contributed by atoms with Crippen molar-refractivity contribution >= 4 is 49.9 Å². The highest BCUT2D eigenvalue weighted by Gasteiger charge is 2.31. The Bertz CT molecular complexity index is 1470. The highest BCUT2D eigenvalue weighted by atomic mass is 32.2. The lowest BCUT2D eigenvalue weighted by Crippen LogP contribution is -2.42. The van der Waals surface area contributed by atoms with Gasteiger partial charge in [0, 0.05) is 37.1 Å². The number of halogens is 2. The van der Waals surface area contributed by atoms with Gasteiger partial charge in [-0.2, -0.15) is 4.31 Å². The quantitative estimate of drug-likeness (QED) is 0.249. The summed E-state index contributed by atoms with van der Waals surface area (Å²) in [6.45, 7) is 1.73. The van der Waals surface area contributed by atoms with Gasteiger partial charge in [0.15, 0.2) is 5.13 Å². The number of ketones is 1. The maximum absolute atomic E-state index is 14.1. The molecule has 2 aliphatic heterocycles. The van der Waals surface area contributed by atoms with Crippen LogP contribution in [0.3, 0.4) is 0 Å². The average Bonchev–Trinajstić information content (AvgIpc) is 3.53. The molecule has 2 fully saturated rings. The van der Waals surface area contributed by atoms with E-state index >= 15 is 0 Å². The number of nitrogens with zero attached hydrogens (tertiary/aromatic N) is 4. The van der Waals surface area contributed by atoms with Crippen LogP contribution in [0.2, 0.25) is 0 Å². The van der Waals surface area contributed by atoms with Gasteiger partial charge in [-0.05, 0) is 70.0 Å². The monoisotopic (exact) mass is 622 g/mol. The van der Waals surface area contributed by atoms with E-state index in [4.69, 9.17) is 5.73 Å². The van der Waals surface area contributed by atoms with E-state index in [1.807, 2.05) is 0 Å². The fourth-order valence-corrected chi connectivity index (χ4v) is 8.41. The van der Waals surface area contributed by atoms with Crippen molar-refractivity contribution in [2.45, 2.75) is 54.1 Å². The van der Waals surface area contributed by atoms with Gasteiger partial charge in [-0.25, -0.2) is 27.2 Å². The fraction of sp³-hybridized carbons (Fsp3) is 0.444. The summed E-state index contributed by atoms with van der Waals surface area (Å²) in [6.07, 6.45) is 5.98. The predicted octanol–water partition coefficient (Wildman–Crippen LogP) is 4.47. The number of thiazole rings is 1. The van der Waals surface area contributed by atoms with Crippen LogP contribution in [0.25, 0.3) is 0 Å². The molecule has 2 aromatic heterocycles. The first kappa shape index (κ1) is 29.8. The second kappa shape index (κ2) is 12.7. The Morgan fingerprint density at radius 2 is 1.88 bits per heavy atom. The number of nitrogen functional groups attached to an aromatic ring is 1. The first-order valence-corrected chi connectivity index (χ1v) is 16.7. The molecule has 0 amide bonds. The summed E-state index contributed by atoms with van der Waals surface area (Å²) in [7, 11) is -1.53. The minimum absolute atomic E-state index is 0.0588. The highest BCUT2D eigenvalue weighted by molar-refractivity contribution is 7.99. The molecular weight excluding hydrogens is 591 g/mol. The number of hydrogen-bond acceptors (Lipinski definition) is 10. The summed E-state index contributed by atoms with van der Waals surface area (Å²) in [5.41, 5.74) is 5.22. The zero-order valence-electron chi connectivity index (χ0n) is 22.6. The average molecular weight is 623 g/mol. The van der Waals surface area contributed by atoms with E-state index in [0.29, 0.717) is 37.1 Å². The van der Waals surface area contributed by atoms with E-state index in [1.54, 1.807) is 23.9 Å². The van der Waals surface area contributed by atoms with Gasteiger partial charge in [-0.15, -0.1) is 11.8 Å². The summed E-state index contributed by atoms with van der Waals surface area (Å²) in [6, 6.07) is 7.08. The van der Waals surface area contributed by atoms with E-state index in [0.717, 1.165) is 47.2 Å². The number of rotatable bonds is 10. The van der Waals surface area contributed by atoms with Crippen molar-refractivity contribution in [1.82, 2.24) is 19.2 Å². The zero-order valence-corrected chi connectivity index (χ0v) is 25.0. The Hall–Kier alpha value is -2.65. The van der Waals surface area contributed by atoms with Crippen molar-refractivity contribution in [1.29, 1.82) is 0 Å². The number of nitrogens with one attached hydrogen (secondary N) is 1. The molecule has 1 atom stereocenters. The summed E-state index contributed by atoms with van der Waals surface area (Å²) in [5.74, 6) is -1.99. The number of sulfonamides is 1. The van der Waals surface area contributed by atoms with Crippen LogP contribution in [0.15, 0.2) is 46.5 Å². The molecule has 41 heavy (non-hydrogen) atoms. The Labute approximate surface area is 246 Å². The summed E-state index contributed by atoms with van der Waals surface area (Å²) in [4.78, 5) is 23.8. The minimum Gasteiger partial charge on any atom is -0.382 e. The van der Waals surface area contributed by atoms with E-state index < -0.39 is 33.0 Å². The van der Waals surface area contributed by atoms with Crippen molar-refractivity contribution < 1.29 is 22.0 Å². The lowest BCUT2D eigenvalue weighted by molar-refractivity contribution is 0.103. The normalized spacial score (nSPS) is 19.0. The van der Waals surface area contributed by atoms with Crippen molar-refractivity contribution in [3.8, 4) is 0 Å². The molecule has 5 rings (SSSR count). The van der Waals surface area contributed by atoms with Crippen molar-refractivity contribution in [2.75, 3.05) is 43.5 Å². The molecule has 0 radical (unpaired) electrons. The van der Waals surface area contributed by atoms with Gasteiger partial charge >= 0.3 is 0 Å². The molecule has 2 saturated heterocycles. The number of carbonyl (C=O) groups is 1. The lowest BCUT2D eigenvalue weighted by atomic mass is 10.1. The molecule has 3 N–H and O–H groups in total. The predicted molar refractivity (Wildman–Crippen MR) is 157 cm³/mol. The van der Waals surface area contributed by atoms with Crippen LogP contribution in [0.5, 0.6) is 0 Å². The molecule has 0 saturated carbocycles. The number of piperidine rings is 1. The van der Waals surface area contributed by atoms with Crippen molar-refractivity contribution in [2.24, 2.45) is 0 Å². The van der Waals surface area contributed by atoms with Gasteiger partial charge in [0.2, 0.25) is 15.8 Å². The molecule has 2 aliphatic rings. The zero-order chi connectivity index (χ0) is 29.1. The maximum atomic E-state index is 14.1. The van der Waals surface area contributed by atoms with Crippen LogP contribution in [0, 0.1) is 11.6 Å². The van der Waals surface area contributed by atoms with Gasteiger partial charge < -0.3 is 16.0 Å². The third-order valence-electron chi connectivity index (χ3n) is 7.55. The number of likely N-dealkylation sites (tertiary alicyclic amines) is 1. The molecular formula is C27H32F2N6O3S3. The second-order valence-corrected chi connectivity index (χ2v) is 14.3. The van der Waals surface area contributed by atoms with Crippen LogP contribution in [-0.4, -0.2) is 77.9 Å². The fourth-order valence-electron chi connectivity index (χ4n) is 5.20. The molecule has 0 aliphatic carbocycles. The largest absolute Gasteiger partial charge is 0.382 e. The molecule has 1 unspecified atom stereocenters. The molecule has 9 nitrogen and oxygen atoms in total. The summed E-state index contributed by atoms with van der Waals surface area (Å²) < 4.78 is 56.1. The van der Waals surface area contributed by atoms with E-state index in [9.17, 15) is 22.0 Å². The number of anilines is 2. The van der Waals surface area contributed by atoms with Gasteiger partial charge in [0.05, 0.1) is 10.6 Å². The second-order valence-electron chi connectivity index (χ2n) is 10.2. The van der Waals surface area contributed by atoms with Gasteiger partial charge in [0.1, 0.15) is 27.2 Å². The van der Waals surface area contributed by atoms with Crippen LogP contribution >= 0.6 is 23.1 Å². The molecule has 220 valence electrons. The third-order valence-corrected chi connectivity index (χ3v) is 11.4. The number of thioether (sulfide) groups is 1. The molecule has 1 aromatic carbocycles. The van der Waals surface area contributed by atoms with Gasteiger partial charge in [0.25, 0.3) is 0 Å². The van der Waals surface area contributed by atoms with E-state index in [2.05, 4.69) is 27.2 Å². The topological polar surface area (TPSA) is 122 Å². The van der Waals surface area contributed by atoms with Crippen LogP contribution in [0.1, 0.15) is 47.3 Å².